The molecule has 2 atom stereocenters. The van der Waals surface area contributed by atoms with Gasteiger partial charge in [-0.05, 0) is 42.8 Å². The number of para-hydroxylation sites is 1. The fourth-order valence-electron chi connectivity index (χ4n) is 3.14. The van der Waals surface area contributed by atoms with Crippen LogP contribution in [0.25, 0.3) is 0 Å². The zero-order valence-corrected chi connectivity index (χ0v) is 14.9. The second-order valence-corrected chi connectivity index (χ2v) is 7.83. The minimum absolute atomic E-state index is 0.0566. The molecule has 0 radical (unpaired) electrons. The molecule has 2 unspecified atom stereocenters. The molecule has 0 fully saturated rings. The average Bonchev–Trinajstić information content (AvgIpc) is 2.84. The Kier molecular flexibility index (Phi) is 4.93. The number of rotatable bonds is 5. The van der Waals surface area contributed by atoms with E-state index in [4.69, 9.17) is 9.26 Å². The van der Waals surface area contributed by atoms with Crippen LogP contribution < -0.4 is 9.97 Å². The van der Waals surface area contributed by atoms with E-state index in [0.717, 1.165) is 0 Å². The fraction of sp³-hybridized carbons (Fsp3) is 0.278. The monoisotopic (exact) mass is 363 g/mol. The molecule has 0 saturated carbocycles. The second kappa shape index (κ2) is 6.98. The average molecular weight is 363 g/mol. The van der Waals surface area contributed by atoms with Gasteiger partial charge in [-0.1, -0.05) is 18.2 Å². The Hall–Kier alpha value is -2.17. The molecule has 2 aromatic carbocycles. The largest absolute Gasteiger partial charge is 0.469 e. The van der Waals surface area contributed by atoms with Crippen LogP contribution in [0.15, 0.2) is 48.5 Å². The highest BCUT2D eigenvalue weighted by molar-refractivity contribution is 7.69. The molecule has 0 aliphatic carbocycles. The topological polar surface area (TPSA) is 55.8 Å². The molecule has 2 aromatic rings. The van der Waals surface area contributed by atoms with Gasteiger partial charge in [-0.3, -0.25) is 14.0 Å². The standard InChI is InChI=1S/C18H19FNO4P/c1-3-24-25(22)17-10-9-13(19)11-15(17)16(12-18(21)23-2)20(25)14-7-5-4-6-8-14/h4-11,16H,3,12H2,1-2H3. The molecular weight excluding hydrogens is 344 g/mol. The van der Waals surface area contributed by atoms with Crippen molar-refractivity contribution in [3.8, 4) is 0 Å². The quantitative estimate of drug-likeness (QED) is 0.597. The number of esters is 1. The third-order valence-electron chi connectivity index (χ3n) is 4.14. The summed E-state index contributed by atoms with van der Waals surface area (Å²) in [4.78, 5) is 11.9. The summed E-state index contributed by atoms with van der Waals surface area (Å²) in [5.74, 6) is -0.919. The summed E-state index contributed by atoms with van der Waals surface area (Å²) in [5, 5.41) is 0.425. The second-order valence-electron chi connectivity index (χ2n) is 5.62. The molecule has 1 heterocycles. The van der Waals surface area contributed by atoms with Gasteiger partial charge in [0.25, 0.3) is 0 Å². The Morgan fingerprint density at radius 2 is 1.96 bits per heavy atom. The number of hydrogen-bond donors (Lipinski definition) is 0. The Morgan fingerprint density at radius 3 is 2.60 bits per heavy atom. The number of carbonyl (C=O) groups excluding carboxylic acids is 1. The number of carbonyl (C=O) groups is 1. The van der Waals surface area contributed by atoms with Crippen LogP contribution in [-0.2, 0) is 18.6 Å². The fourth-order valence-corrected chi connectivity index (χ4v) is 5.80. The highest BCUT2D eigenvalue weighted by atomic mass is 31.2. The molecule has 5 nitrogen and oxygen atoms in total. The van der Waals surface area contributed by atoms with Crippen LogP contribution in [0.3, 0.4) is 0 Å². The first-order chi connectivity index (χ1) is 12.0. The lowest BCUT2D eigenvalue weighted by Gasteiger charge is -2.31. The van der Waals surface area contributed by atoms with Gasteiger partial charge in [-0.2, -0.15) is 0 Å². The summed E-state index contributed by atoms with van der Waals surface area (Å²) in [6, 6.07) is 12.5. The Balaban J connectivity index is 2.20. The number of ether oxygens (including phenoxy) is 1. The number of hydrogen-bond acceptors (Lipinski definition) is 4. The van der Waals surface area contributed by atoms with Crippen molar-refractivity contribution in [1.29, 1.82) is 0 Å². The lowest BCUT2D eigenvalue weighted by Crippen LogP contribution is -2.24. The molecule has 7 heteroatoms. The molecule has 1 aliphatic heterocycles. The Labute approximate surface area is 145 Å². The van der Waals surface area contributed by atoms with Crippen LogP contribution in [0.4, 0.5) is 10.1 Å². The van der Waals surface area contributed by atoms with Gasteiger partial charge >= 0.3 is 13.5 Å². The summed E-state index contributed by atoms with van der Waals surface area (Å²) >= 11 is 0. The number of nitrogens with zero attached hydrogens (tertiary/aromatic N) is 1. The van der Waals surface area contributed by atoms with Gasteiger partial charge in [-0.15, -0.1) is 0 Å². The van der Waals surface area contributed by atoms with E-state index in [1.807, 2.05) is 18.2 Å². The van der Waals surface area contributed by atoms with Crippen LogP contribution in [0.2, 0.25) is 0 Å². The lowest BCUT2D eigenvalue weighted by atomic mass is 10.0. The SMILES string of the molecule is CCOP1(=O)c2ccc(F)cc2C(CC(=O)OC)N1c1ccccc1. The predicted molar refractivity (Wildman–Crippen MR) is 93.6 cm³/mol. The van der Waals surface area contributed by atoms with Gasteiger partial charge in [0.2, 0.25) is 0 Å². The van der Waals surface area contributed by atoms with Gasteiger partial charge in [0.05, 0.1) is 31.5 Å². The highest BCUT2D eigenvalue weighted by Crippen LogP contribution is 2.62. The van der Waals surface area contributed by atoms with Crippen LogP contribution >= 0.6 is 7.52 Å². The zero-order chi connectivity index (χ0) is 18.0. The molecule has 1 aliphatic rings. The number of fused-ring (bicyclic) bond motifs is 1. The van der Waals surface area contributed by atoms with Gasteiger partial charge in [0.1, 0.15) is 5.82 Å². The first kappa shape index (κ1) is 17.6. The summed E-state index contributed by atoms with van der Waals surface area (Å²) in [7, 11) is -2.19. The lowest BCUT2D eigenvalue weighted by molar-refractivity contribution is -0.141. The summed E-state index contributed by atoms with van der Waals surface area (Å²) in [6.45, 7) is 1.97. The van der Waals surface area contributed by atoms with Crippen molar-refractivity contribution in [2.45, 2.75) is 19.4 Å². The smallest absolute Gasteiger partial charge is 0.327 e. The van der Waals surface area contributed by atoms with E-state index in [1.54, 1.807) is 23.7 Å². The van der Waals surface area contributed by atoms with Crippen molar-refractivity contribution in [2.24, 2.45) is 0 Å². The van der Waals surface area contributed by atoms with E-state index in [2.05, 4.69) is 0 Å². The number of benzene rings is 2. The minimum Gasteiger partial charge on any atom is -0.469 e. The van der Waals surface area contributed by atoms with Gasteiger partial charge < -0.3 is 9.26 Å². The minimum atomic E-state index is -3.48. The summed E-state index contributed by atoms with van der Waals surface area (Å²) in [5.41, 5.74) is 1.14. The predicted octanol–water partition coefficient (Wildman–Crippen LogP) is 3.81. The molecule has 0 amide bonds. The third-order valence-corrected chi connectivity index (χ3v) is 6.85. The van der Waals surface area contributed by atoms with E-state index in [1.165, 1.54) is 25.3 Å². The van der Waals surface area contributed by atoms with Crippen molar-refractivity contribution in [1.82, 2.24) is 0 Å². The Bertz CT molecular complexity index is 827. The number of anilines is 1. The van der Waals surface area contributed by atoms with E-state index in [9.17, 15) is 13.8 Å². The highest BCUT2D eigenvalue weighted by Gasteiger charge is 2.49. The van der Waals surface area contributed by atoms with Crippen LogP contribution in [0, 0.1) is 5.82 Å². The maximum atomic E-state index is 13.9. The van der Waals surface area contributed by atoms with Crippen molar-refractivity contribution in [3.63, 3.8) is 0 Å². The van der Waals surface area contributed by atoms with E-state index >= 15 is 0 Å². The van der Waals surface area contributed by atoms with Crippen LogP contribution in [0.1, 0.15) is 24.9 Å². The van der Waals surface area contributed by atoms with Gasteiger partial charge in [-0.25, -0.2) is 4.39 Å². The van der Waals surface area contributed by atoms with Crippen molar-refractivity contribution >= 4 is 24.5 Å². The van der Waals surface area contributed by atoms with Gasteiger partial charge in [0, 0.05) is 5.69 Å². The van der Waals surface area contributed by atoms with E-state index in [0.29, 0.717) is 16.6 Å². The van der Waals surface area contributed by atoms with Crippen LogP contribution in [0.5, 0.6) is 0 Å². The zero-order valence-electron chi connectivity index (χ0n) is 14.0. The van der Waals surface area contributed by atoms with Crippen molar-refractivity contribution in [3.05, 3.63) is 59.9 Å². The first-order valence-corrected chi connectivity index (χ1v) is 9.55. The number of methoxy groups -OCH3 is 1. The molecule has 0 N–H and O–H groups in total. The molecule has 132 valence electrons. The molecule has 0 saturated heterocycles. The first-order valence-electron chi connectivity index (χ1n) is 7.97. The van der Waals surface area contributed by atoms with E-state index in [-0.39, 0.29) is 13.0 Å². The summed E-state index contributed by atoms with van der Waals surface area (Å²) in [6.07, 6.45) is -0.0566. The van der Waals surface area contributed by atoms with Crippen molar-refractivity contribution in [2.75, 3.05) is 18.4 Å². The number of halogens is 1. The van der Waals surface area contributed by atoms with E-state index < -0.39 is 25.3 Å². The summed E-state index contributed by atoms with van der Waals surface area (Å²) < 4.78 is 39.7. The maximum absolute atomic E-state index is 13.9. The van der Waals surface area contributed by atoms with Crippen LogP contribution in [-0.4, -0.2) is 19.7 Å². The normalized spacial score (nSPS) is 21.9. The molecular formula is C18H19FNO4P. The van der Waals surface area contributed by atoms with Crippen molar-refractivity contribution < 1.29 is 23.0 Å². The molecule has 0 spiro atoms. The molecule has 3 rings (SSSR count). The molecule has 0 aromatic heterocycles. The molecule has 0 bridgehead atoms. The third kappa shape index (κ3) is 3.08. The van der Waals surface area contributed by atoms with Gasteiger partial charge in [0.15, 0.2) is 0 Å². The maximum Gasteiger partial charge on any atom is 0.327 e. The molecule has 25 heavy (non-hydrogen) atoms. The Morgan fingerprint density at radius 1 is 1.24 bits per heavy atom.